The van der Waals surface area contributed by atoms with Gasteiger partial charge in [-0.25, -0.2) is 0 Å². The molecule has 27 heavy (non-hydrogen) atoms. The number of hydrogen-bond acceptors (Lipinski definition) is 3. The molecule has 1 aliphatic heterocycles. The van der Waals surface area contributed by atoms with Gasteiger partial charge in [-0.1, -0.05) is 0 Å². The number of hydrogen-bond donors (Lipinski definition) is 1. The number of ether oxygens (including phenoxy) is 1. The molecule has 2 unspecified atom stereocenters. The summed E-state index contributed by atoms with van der Waals surface area (Å²) in [4.78, 5) is 3.00. The van der Waals surface area contributed by atoms with Gasteiger partial charge in [0.25, 0.3) is 0 Å². The van der Waals surface area contributed by atoms with E-state index in [0.29, 0.717) is 25.8 Å². The van der Waals surface area contributed by atoms with E-state index >= 15 is 0 Å². The average Bonchev–Trinajstić information content (AvgIpc) is 3.34. The average molecular weight is 428 g/mol. The minimum absolute atomic E-state index is 0.324. The van der Waals surface area contributed by atoms with Crippen LogP contribution in [0.5, 0.6) is 0 Å². The zero-order valence-corrected chi connectivity index (χ0v) is 17.5. The van der Waals surface area contributed by atoms with Crippen LogP contribution in [0.2, 0.25) is 10.1 Å². The molecule has 4 heteroatoms. The standard InChI is InChI=1S/C23H27NO2Se/c1-26-15-20-8-5-13-24(20)21-9-4-10-23(21)27-16-22(25)19-12-11-17-6-2-3-7-18(17)14-19/h2-4,6-7,9-12,14,20,22-23,25H,5,8,13,15-16H2,1H3/t20-,22?,23?/m0/s1. The van der Waals surface area contributed by atoms with Gasteiger partial charge < -0.3 is 0 Å². The third-order valence-corrected chi connectivity index (χ3v) is 8.16. The normalized spacial score (nSPS) is 23.2. The van der Waals surface area contributed by atoms with Crippen molar-refractivity contribution in [2.75, 3.05) is 20.3 Å². The van der Waals surface area contributed by atoms with Crippen molar-refractivity contribution in [2.45, 2.75) is 35.1 Å². The van der Waals surface area contributed by atoms with Gasteiger partial charge in [-0.2, -0.15) is 0 Å². The van der Waals surface area contributed by atoms with Gasteiger partial charge in [-0.15, -0.1) is 0 Å². The van der Waals surface area contributed by atoms with Gasteiger partial charge in [-0.3, -0.25) is 0 Å². The molecule has 0 spiro atoms. The number of nitrogens with zero attached hydrogens (tertiary/aromatic N) is 1. The fraction of sp³-hybridized carbons (Fsp3) is 0.391. The summed E-state index contributed by atoms with van der Waals surface area (Å²) in [6.07, 6.45) is 8.83. The zero-order chi connectivity index (χ0) is 18.6. The first-order chi connectivity index (χ1) is 13.3. The molecule has 142 valence electrons. The number of fused-ring (bicyclic) bond motifs is 1. The van der Waals surface area contributed by atoms with E-state index in [2.05, 4.69) is 65.6 Å². The Balaban J connectivity index is 1.40. The number of aliphatic hydroxyl groups excluding tert-OH is 1. The van der Waals surface area contributed by atoms with E-state index in [-0.39, 0.29) is 0 Å². The first-order valence-electron chi connectivity index (χ1n) is 9.68. The second kappa shape index (κ2) is 8.62. The summed E-state index contributed by atoms with van der Waals surface area (Å²) >= 11 is 0.324. The SMILES string of the molecule is COC[C@@H]1CCCN1C1=CC=CC1[Se]CC(O)c1ccc2ccccc2c1. The van der Waals surface area contributed by atoms with Crippen LogP contribution in [0.3, 0.4) is 0 Å². The molecule has 0 aromatic heterocycles. The summed E-state index contributed by atoms with van der Waals surface area (Å²) in [5, 5.41) is 14.0. The van der Waals surface area contributed by atoms with Crippen molar-refractivity contribution in [3.05, 3.63) is 72.0 Å². The van der Waals surface area contributed by atoms with E-state index in [0.717, 1.165) is 24.0 Å². The number of methoxy groups -OCH3 is 1. The van der Waals surface area contributed by atoms with E-state index in [9.17, 15) is 5.11 Å². The predicted molar refractivity (Wildman–Crippen MR) is 112 cm³/mol. The molecule has 0 saturated carbocycles. The molecule has 1 heterocycles. The second-order valence-electron chi connectivity index (χ2n) is 7.30. The summed E-state index contributed by atoms with van der Waals surface area (Å²) in [6.45, 7) is 1.93. The topological polar surface area (TPSA) is 32.7 Å². The number of aliphatic hydroxyl groups is 1. The summed E-state index contributed by atoms with van der Waals surface area (Å²) in [6, 6.07) is 15.1. The van der Waals surface area contributed by atoms with E-state index in [1.165, 1.54) is 29.3 Å². The fourth-order valence-corrected chi connectivity index (χ4v) is 6.55. The van der Waals surface area contributed by atoms with Crippen LogP contribution >= 0.6 is 0 Å². The quantitative estimate of drug-likeness (QED) is 0.666. The molecule has 1 fully saturated rings. The molecule has 2 aromatic rings. The Labute approximate surface area is 167 Å². The molecule has 4 rings (SSSR count). The summed E-state index contributed by atoms with van der Waals surface area (Å²) in [5.41, 5.74) is 2.46. The zero-order valence-electron chi connectivity index (χ0n) is 15.8. The second-order valence-corrected chi connectivity index (χ2v) is 9.76. The molecule has 0 radical (unpaired) electrons. The van der Waals surface area contributed by atoms with E-state index in [4.69, 9.17) is 4.74 Å². The van der Waals surface area contributed by atoms with Crippen LogP contribution in [0.4, 0.5) is 0 Å². The molecule has 3 atom stereocenters. The fourth-order valence-electron chi connectivity index (χ4n) is 4.10. The van der Waals surface area contributed by atoms with Crippen LogP contribution in [0, 0.1) is 0 Å². The van der Waals surface area contributed by atoms with Crippen molar-refractivity contribution < 1.29 is 9.84 Å². The van der Waals surface area contributed by atoms with Gasteiger partial charge in [0.1, 0.15) is 0 Å². The predicted octanol–water partition coefficient (Wildman–Crippen LogP) is 4.35. The molecule has 3 nitrogen and oxygen atoms in total. The molecule has 1 N–H and O–H groups in total. The van der Waals surface area contributed by atoms with Crippen LogP contribution in [-0.2, 0) is 4.74 Å². The Kier molecular flexibility index (Phi) is 5.99. The van der Waals surface area contributed by atoms with E-state index < -0.39 is 6.10 Å². The summed E-state index contributed by atoms with van der Waals surface area (Å²) in [5.74, 6) is 0. The van der Waals surface area contributed by atoms with E-state index in [1.54, 1.807) is 7.11 Å². The van der Waals surface area contributed by atoms with Crippen LogP contribution in [-0.4, -0.2) is 51.3 Å². The first kappa shape index (κ1) is 18.8. The van der Waals surface area contributed by atoms with Gasteiger partial charge >= 0.3 is 168 Å². The molecular formula is C23H27NO2Se. The van der Waals surface area contributed by atoms with Crippen molar-refractivity contribution in [2.24, 2.45) is 0 Å². The first-order valence-corrected chi connectivity index (χ1v) is 11.9. The molecule has 0 bridgehead atoms. The van der Waals surface area contributed by atoms with Crippen molar-refractivity contribution in [3.63, 3.8) is 0 Å². The van der Waals surface area contributed by atoms with Crippen molar-refractivity contribution in [1.82, 2.24) is 4.90 Å². The van der Waals surface area contributed by atoms with E-state index in [1.807, 2.05) is 0 Å². The molecular weight excluding hydrogens is 401 g/mol. The van der Waals surface area contributed by atoms with Crippen molar-refractivity contribution >= 4 is 25.7 Å². The van der Waals surface area contributed by atoms with Crippen LogP contribution in [0.1, 0.15) is 24.5 Å². The summed E-state index contributed by atoms with van der Waals surface area (Å²) < 4.78 is 5.42. The summed E-state index contributed by atoms with van der Waals surface area (Å²) in [7, 11) is 1.79. The Morgan fingerprint density at radius 2 is 2.07 bits per heavy atom. The Hall–Kier alpha value is -1.58. The van der Waals surface area contributed by atoms with Crippen LogP contribution in [0.15, 0.2) is 66.4 Å². The number of allylic oxidation sites excluding steroid dienone is 3. The number of rotatable bonds is 7. The van der Waals surface area contributed by atoms with Gasteiger partial charge in [0.15, 0.2) is 0 Å². The molecule has 2 aromatic carbocycles. The maximum atomic E-state index is 10.8. The molecule has 2 aliphatic rings. The number of benzene rings is 2. The van der Waals surface area contributed by atoms with Gasteiger partial charge in [0.05, 0.1) is 0 Å². The third kappa shape index (κ3) is 4.14. The minimum atomic E-state index is -0.391. The number of likely N-dealkylation sites (tertiary alicyclic amines) is 1. The molecule has 1 saturated heterocycles. The monoisotopic (exact) mass is 429 g/mol. The Morgan fingerprint density at radius 3 is 2.93 bits per heavy atom. The Bertz CT molecular complexity index is 847. The maximum absolute atomic E-state index is 10.8. The molecule has 0 amide bonds. The van der Waals surface area contributed by atoms with Crippen LogP contribution < -0.4 is 0 Å². The van der Waals surface area contributed by atoms with Gasteiger partial charge in [-0.05, 0) is 0 Å². The Morgan fingerprint density at radius 1 is 1.22 bits per heavy atom. The van der Waals surface area contributed by atoms with Crippen molar-refractivity contribution in [1.29, 1.82) is 0 Å². The van der Waals surface area contributed by atoms with Gasteiger partial charge in [0.2, 0.25) is 0 Å². The molecule has 1 aliphatic carbocycles. The van der Waals surface area contributed by atoms with Crippen LogP contribution in [0.25, 0.3) is 10.8 Å². The van der Waals surface area contributed by atoms with Crippen molar-refractivity contribution in [3.8, 4) is 0 Å². The van der Waals surface area contributed by atoms with Gasteiger partial charge in [0, 0.05) is 0 Å². The third-order valence-electron chi connectivity index (χ3n) is 5.50.